The minimum absolute atomic E-state index is 0.0638. The lowest BCUT2D eigenvalue weighted by Crippen LogP contribution is -2.53. The molecule has 2 atom stereocenters. The first-order valence-corrected chi connectivity index (χ1v) is 13.4. The Kier molecular flexibility index (Phi) is 10.2. The number of hydrogen-bond donors (Lipinski definition) is 1. The van der Waals surface area contributed by atoms with Gasteiger partial charge in [-0.25, -0.2) is 8.70 Å². The van der Waals surface area contributed by atoms with Gasteiger partial charge in [0, 0.05) is 31.2 Å². The van der Waals surface area contributed by atoms with Crippen LogP contribution in [0.25, 0.3) is 0 Å². The van der Waals surface area contributed by atoms with Crippen molar-refractivity contribution in [3.63, 3.8) is 0 Å². The van der Waals surface area contributed by atoms with Crippen molar-refractivity contribution in [3.05, 3.63) is 64.4 Å². The Labute approximate surface area is 215 Å². The molecular weight excluding hydrogens is 539 g/mol. The Balaban J connectivity index is 2.46. The van der Waals surface area contributed by atoms with Gasteiger partial charge in [0.2, 0.25) is 11.8 Å². The number of hydrogen-bond acceptors (Lipinski definition) is 4. The first-order chi connectivity index (χ1) is 16.4. The maximum Gasteiger partial charge on any atom is 0.304 e. The fourth-order valence-electron chi connectivity index (χ4n) is 3.19. The zero-order valence-corrected chi connectivity index (χ0v) is 22.9. The highest BCUT2D eigenvalue weighted by Gasteiger charge is 2.33. The normalized spacial score (nSPS) is 13.3. The molecule has 2 aromatic rings. The van der Waals surface area contributed by atoms with Crippen LogP contribution in [-0.4, -0.2) is 62.2 Å². The number of para-hydroxylation sites is 1. The number of amides is 2. The number of halogens is 2. The van der Waals surface area contributed by atoms with E-state index in [0.29, 0.717) is 6.42 Å². The second kappa shape index (κ2) is 12.5. The van der Waals surface area contributed by atoms with Gasteiger partial charge in [0.05, 0.1) is 5.69 Å². The maximum atomic E-state index is 14.6. The summed E-state index contributed by atoms with van der Waals surface area (Å²) >= 11 is 3.37. The standard InChI is InChI=1S/C24H32BrFN4O4S/c1-6-17(2)27-24(32)18(3)29(15-19-11-13-20(25)14-12-19)23(31)16-30(35(33,34)28(4)5)22-10-8-7-9-21(22)26/h7-14,17-18H,6,15-16H2,1-5H3,(H,27,32)/t17-,18+/m0/s1. The molecule has 11 heteroatoms. The summed E-state index contributed by atoms with van der Waals surface area (Å²) in [4.78, 5) is 27.8. The lowest BCUT2D eigenvalue weighted by molar-refractivity contribution is -0.139. The topological polar surface area (TPSA) is 90.0 Å². The summed E-state index contributed by atoms with van der Waals surface area (Å²) < 4.78 is 43.2. The van der Waals surface area contributed by atoms with E-state index in [1.807, 2.05) is 26.0 Å². The molecule has 0 saturated carbocycles. The third kappa shape index (κ3) is 7.49. The zero-order valence-electron chi connectivity index (χ0n) is 20.5. The highest BCUT2D eigenvalue weighted by molar-refractivity contribution is 9.10. The fourth-order valence-corrected chi connectivity index (χ4v) is 4.52. The van der Waals surface area contributed by atoms with Crippen LogP contribution in [-0.2, 0) is 26.3 Å². The van der Waals surface area contributed by atoms with E-state index >= 15 is 0 Å². The van der Waals surface area contributed by atoms with Gasteiger partial charge in [0.25, 0.3) is 0 Å². The van der Waals surface area contributed by atoms with Crippen LogP contribution in [0.2, 0.25) is 0 Å². The fraction of sp³-hybridized carbons (Fsp3) is 0.417. The van der Waals surface area contributed by atoms with E-state index in [4.69, 9.17) is 0 Å². The van der Waals surface area contributed by atoms with E-state index in [-0.39, 0.29) is 24.2 Å². The van der Waals surface area contributed by atoms with Gasteiger partial charge in [0.15, 0.2) is 0 Å². The molecule has 0 saturated heterocycles. The first-order valence-electron chi connectivity index (χ1n) is 11.2. The van der Waals surface area contributed by atoms with Crippen LogP contribution in [0.3, 0.4) is 0 Å². The van der Waals surface area contributed by atoms with Crippen molar-refractivity contribution in [2.75, 3.05) is 24.9 Å². The van der Waals surface area contributed by atoms with Gasteiger partial charge in [-0.1, -0.05) is 47.1 Å². The van der Waals surface area contributed by atoms with Crippen LogP contribution in [0.5, 0.6) is 0 Å². The summed E-state index contributed by atoms with van der Waals surface area (Å²) in [6, 6.07) is 11.6. The van der Waals surface area contributed by atoms with Gasteiger partial charge in [-0.15, -0.1) is 0 Å². The predicted molar refractivity (Wildman–Crippen MR) is 138 cm³/mol. The quantitative estimate of drug-likeness (QED) is 0.447. The van der Waals surface area contributed by atoms with Gasteiger partial charge in [-0.05, 0) is 50.1 Å². The van der Waals surface area contributed by atoms with Gasteiger partial charge < -0.3 is 10.2 Å². The molecule has 2 amide bonds. The van der Waals surface area contributed by atoms with E-state index < -0.39 is 34.5 Å². The SMILES string of the molecule is CC[C@H](C)NC(=O)[C@@H](C)N(Cc1ccc(Br)cc1)C(=O)CN(c1ccccc1F)S(=O)(=O)N(C)C. The number of carbonyl (C=O) groups excluding carboxylic acids is 2. The molecule has 0 heterocycles. The average molecular weight is 572 g/mol. The highest BCUT2D eigenvalue weighted by atomic mass is 79.9. The number of carbonyl (C=O) groups is 2. The molecule has 0 aromatic heterocycles. The summed E-state index contributed by atoms with van der Waals surface area (Å²) in [5, 5.41) is 2.86. The van der Waals surface area contributed by atoms with Crippen LogP contribution >= 0.6 is 15.9 Å². The summed E-state index contributed by atoms with van der Waals surface area (Å²) in [7, 11) is -1.62. The van der Waals surface area contributed by atoms with Crippen LogP contribution in [0.4, 0.5) is 10.1 Å². The van der Waals surface area contributed by atoms with E-state index in [9.17, 15) is 22.4 Å². The molecule has 0 unspecified atom stereocenters. The Bertz CT molecular complexity index is 1130. The van der Waals surface area contributed by atoms with Crippen LogP contribution in [0, 0.1) is 5.82 Å². The molecule has 0 radical (unpaired) electrons. The minimum atomic E-state index is -4.22. The average Bonchev–Trinajstić information content (AvgIpc) is 2.81. The van der Waals surface area contributed by atoms with Crippen LogP contribution in [0.15, 0.2) is 53.0 Å². The first kappa shape index (κ1) is 28.7. The monoisotopic (exact) mass is 570 g/mol. The smallest absolute Gasteiger partial charge is 0.304 e. The van der Waals surface area contributed by atoms with Gasteiger partial charge >= 0.3 is 10.2 Å². The molecule has 0 bridgehead atoms. The summed E-state index contributed by atoms with van der Waals surface area (Å²) in [6.45, 7) is 4.75. The van der Waals surface area contributed by atoms with E-state index in [1.165, 1.54) is 37.2 Å². The number of anilines is 1. The molecule has 2 rings (SSSR count). The van der Waals surface area contributed by atoms with E-state index in [2.05, 4.69) is 21.2 Å². The summed E-state index contributed by atoms with van der Waals surface area (Å²) in [5.74, 6) is -1.79. The molecule has 35 heavy (non-hydrogen) atoms. The number of nitrogens with one attached hydrogen (secondary N) is 1. The second-order valence-electron chi connectivity index (χ2n) is 8.39. The Hall–Kier alpha value is -2.50. The lowest BCUT2D eigenvalue weighted by atomic mass is 10.1. The summed E-state index contributed by atoms with van der Waals surface area (Å²) in [5.41, 5.74) is 0.493. The third-order valence-electron chi connectivity index (χ3n) is 5.57. The van der Waals surface area contributed by atoms with Crippen molar-refractivity contribution < 1.29 is 22.4 Å². The number of benzene rings is 2. The van der Waals surface area contributed by atoms with Crippen LogP contribution < -0.4 is 9.62 Å². The molecule has 192 valence electrons. The van der Waals surface area contributed by atoms with Crippen molar-refractivity contribution >= 4 is 43.6 Å². The van der Waals surface area contributed by atoms with Crippen molar-refractivity contribution in [2.45, 2.75) is 45.8 Å². The Morgan fingerprint density at radius 2 is 1.66 bits per heavy atom. The highest BCUT2D eigenvalue weighted by Crippen LogP contribution is 2.24. The second-order valence-corrected chi connectivity index (χ2v) is 11.4. The molecular formula is C24H32BrFN4O4S. The van der Waals surface area contributed by atoms with E-state index in [1.54, 1.807) is 19.1 Å². The number of nitrogens with zero attached hydrogens (tertiary/aromatic N) is 3. The molecule has 0 spiro atoms. The molecule has 0 aliphatic carbocycles. The van der Waals surface area contributed by atoms with Crippen molar-refractivity contribution in [1.82, 2.24) is 14.5 Å². The largest absolute Gasteiger partial charge is 0.352 e. The van der Waals surface area contributed by atoms with Crippen molar-refractivity contribution in [1.29, 1.82) is 0 Å². The Morgan fingerprint density at radius 3 is 2.20 bits per heavy atom. The van der Waals surface area contributed by atoms with Gasteiger partial charge in [-0.3, -0.25) is 9.59 Å². The molecule has 8 nitrogen and oxygen atoms in total. The maximum absolute atomic E-state index is 14.6. The zero-order chi connectivity index (χ0) is 26.3. The molecule has 1 N–H and O–H groups in total. The van der Waals surface area contributed by atoms with Crippen molar-refractivity contribution in [2.24, 2.45) is 0 Å². The molecule has 2 aromatic carbocycles. The molecule has 0 aliphatic rings. The molecule has 0 fully saturated rings. The van der Waals surface area contributed by atoms with Crippen LogP contribution in [0.1, 0.15) is 32.8 Å². The predicted octanol–water partition coefficient (Wildman–Crippen LogP) is 3.53. The van der Waals surface area contributed by atoms with Gasteiger partial charge in [0.1, 0.15) is 18.4 Å². The van der Waals surface area contributed by atoms with Crippen molar-refractivity contribution in [3.8, 4) is 0 Å². The number of rotatable bonds is 11. The Morgan fingerprint density at radius 1 is 1.06 bits per heavy atom. The lowest BCUT2D eigenvalue weighted by Gasteiger charge is -2.33. The molecule has 0 aliphatic heterocycles. The van der Waals surface area contributed by atoms with E-state index in [0.717, 1.165) is 24.7 Å². The summed E-state index contributed by atoms with van der Waals surface area (Å²) in [6.07, 6.45) is 0.710. The minimum Gasteiger partial charge on any atom is -0.352 e. The van der Waals surface area contributed by atoms with Gasteiger partial charge in [-0.2, -0.15) is 12.7 Å². The third-order valence-corrected chi connectivity index (χ3v) is 7.91.